The van der Waals surface area contributed by atoms with Crippen molar-refractivity contribution in [3.8, 4) is 0 Å². The molecule has 0 saturated carbocycles. The lowest BCUT2D eigenvalue weighted by Gasteiger charge is -1.78. The molecule has 0 aliphatic carbocycles. The Labute approximate surface area is 53.9 Å². The molecule has 0 bridgehead atoms. The van der Waals surface area contributed by atoms with Gasteiger partial charge in [-0.1, -0.05) is 6.08 Å². The molecule has 1 aliphatic rings. The summed E-state index contributed by atoms with van der Waals surface area (Å²) < 4.78 is 0. The first-order valence-electron chi connectivity index (χ1n) is 2.44. The Morgan fingerprint density at radius 3 is 2.67 bits per heavy atom. The van der Waals surface area contributed by atoms with Gasteiger partial charge in [-0.15, -0.1) is 0 Å². The summed E-state index contributed by atoms with van der Waals surface area (Å²) in [5.41, 5.74) is 2.67. The van der Waals surface area contributed by atoms with Gasteiger partial charge in [0, 0.05) is 12.4 Å². The molecular weight excluding hydrogens is 116 g/mol. The summed E-state index contributed by atoms with van der Waals surface area (Å²) in [7, 11) is 0. The van der Waals surface area contributed by atoms with Crippen LogP contribution < -0.4 is 17.1 Å². The monoisotopic (exact) mass is 126 g/mol. The molecule has 0 aromatic heterocycles. The van der Waals surface area contributed by atoms with Crippen molar-refractivity contribution in [2.24, 2.45) is 16.8 Å². The quantitative estimate of drug-likeness (QED) is 0.301. The second-order valence-corrected chi connectivity index (χ2v) is 1.15. The first-order chi connectivity index (χ1) is 4.50. The van der Waals surface area contributed by atoms with Crippen molar-refractivity contribution in [2.75, 3.05) is 0 Å². The summed E-state index contributed by atoms with van der Waals surface area (Å²) in [4.78, 5) is 0. The third-order valence-corrected chi connectivity index (χ3v) is 0.628. The third kappa shape index (κ3) is 4.73. The molecular formula is C5H10N4. The fourth-order valence-electron chi connectivity index (χ4n) is 0.342. The molecule has 1 heterocycles. The maximum Gasteiger partial charge on any atom is 0.0472 e. The Kier molecular flexibility index (Phi) is 6.01. The van der Waals surface area contributed by atoms with Crippen molar-refractivity contribution >= 4 is 6.21 Å². The normalized spacial score (nSPS) is 13.1. The maximum absolute atomic E-state index is 4.00. The van der Waals surface area contributed by atoms with Crippen molar-refractivity contribution in [1.29, 1.82) is 0 Å². The minimum Gasteiger partial charge on any atom is -0.286 e. The molecule has 0 aromatic rings. The fraction of sp³-hybridized carbons (Fsp3) is 0. The van der Waals surface area contributed by atoms with E-state index in [1.165, 1.54) is 0 Å². The maximum atomic E-state index is 4.00. The van der Waals surface area contributed by atoms with Gasteiger partial charge in [-0.2, -0.15) is 5.10 Å². The molecule has 0 fully saturated rings. The highest BCUT2D eigenvalue weighted by atomic mass is 15.3. The minimum atomic E-state index is 1.69. The summed E-state index contributed by atoms with van der Waals surface area (Å²) in [6, 6.07) is 0. The van der Waals surface area contributed by atoms with Gasteiger partial charge >= 0.3 is 0 Å². The summed E-state index contributed by atoms with van der Waals surface area (Å²) in [6.07, 6.45) is 9.10. The Hall–Kier alpha value is -1.13. The molecule has 0 spiro atoms. The van der Waals surface area contributed by atoms with Crippen LogP contribution in [-0.4, -0.2) is 6.21 Å². The second kappa shape index (κ2) is 6.87. The van der Waals surface area contributed by atoms with Crippen molar-refractivity contribution in [3.63, 3.8) is 0 Å². The van der Waals surface area contributed by atoms with E-state index in [1.807, 2.05) is 18.2 Å². The van der Waals surface area contributed by atoms with Crippen molar-refractivity contribution in [3.05, 3.63) is 24.4 Å². The van der Waals surface area contributed by atoms with E-state index in [0.29, 0.717) is 0 Å². The Balaban J connectivity index is 0.000000291. The van der Waals surface area contributed by atoms with Gasteiger partial charge < -0.3 is 0 Å². The lowest BCUT2D eigenvalue weighted by atomic mass is 10.5. The first kappa shape index (κ1) is 7.87. The average Bonchev–Trinajstić information content (AvgIpc) is 2.21. The van der Waals surface area contributed by atoms with Crippen LogP contribution in [0.1, 0.15) is 0 Å². The minimum absolute atomic E-state index is 1.69. The molecule has 0 radical (unpaired) electrons. The van der Waals surface area contributed by atoms with Crippen molar-refractivity contribution in [1.82, 2.24) is 5.43 Å². The van der Waals surface area contributed by atoms with Gasteiger partial charge in [0.05, 0.1) is 0 Å². The zero-order chi connectivity index (χ0) is 6.95. The topological polar surface area (TPSA) is 76.4 Å². The number of rotatable bonds is 0. The molecule has 1 rings (SSSR count). The predicted octanol–water partition coefficient (Wildman–Crippen LogP) is -0.536. The summed E-state index contributed by atoms with van der Waals surface area (Å²) in [6.45, 7) is 0. The molecule has 0 atom stereocenters. The fourth-order valence-corrected chi connectivity index (χ4v) is 0.342. The standard InChI is InChI=1S/C5H6N2.H4N2/c1-2-4-6-7-5-3-1;1-2/h1-6H;1-2H2. The zero-order valence-corrected chi connectivity index (χ0v) is 4.99. The Morgan fingerprint density at radius 1 is 1.11 bits per heavy atom. The number of nitrogens with one attached hydrogen (secondary N) is 1. The highest BCUT2D eigenvalue weighted by molar-refractivity contribution is 5.71. The molecule has 0 unspecified atom stereocenters. The molecule has 9 heavy (non-hydrogen) atoms. The number of hydrazine groups is 1. The van der Waals surface area contributed by atoms with Gasteiger partial charge in [0.25, 0.3) is 0 Å². The molecule has 1 aliphatic heterocycles. The van der Waals surface area contributed by atoms with Crippen molar-refractivity contribution < 1.29 is 0 Å². The van der Waals surface area contributed by atoms with Gasteiger partial charge in [0.2, 0.25) is 0 Å². The number of hydrazone groups is 1. The van der Waals surface area contributed by atoms with Crippen LogP contribution in [0.5, 0.6) is 0 Å². The van der Waals surface area contributed by atoms with Crippen LogP contribution in [-0.2, 0) is 0 Å². The van der Waals surface area contributed by atoms with E-state index in [2.05, 4.69) is 22.2 Å². The Bertz CT molecular complexity index is 111. The van der Waals surface area contributed by atoms with E-state index in [-0.39, 0.29) is 0 Å². The number of hydrogen-bond donors (Lipinski definition) is 3. The van der Waals surface area contributed by atoms with Gasteiger partial charge in [-0.3, -0.25) is 17.1 Å². The lowest BCUT2D eigenvalue weighted by Crippen LogP contribution is -2.02. The van der Waals surface area contributed by atoms with Crippen LogP contribution in [0.4, 0.5) is 0 Å². The zero-order valence-electron chi connectivity index (χ0n) is 4.99. The predicted molar refractivity (Wildman–Crippen MR) is 38.3 cm³/mol. The summed E-state index contributed by atoms with van der Waals surface area (Å²) >= 11 is 0. The smallest absolute Gasteiger partial charge is 0.0472 e. The number of allylic oxidation sites excluding steroid dienone is 3. The van der Waals surface area contributed by atoms with E-state index in [0.717, 1.165) is 0 Å². The molecule has 0 amide bonds. The van der Waals surface area contributed by atoms with Gasteiger partial charge in [0.1, 0.15) is 0 Å². The van der Waals surface area contributed by atoms with Crippen LogP contribution in [0.25, 0.3) is 0 Å². The highest BCUT2D eigenvalue weighted by Gasteiger charge is 1.68. The van der Waals surface area contributed by atoms with Crippen molar-refractivity contribution in [2.45, 2.75) is 0 Å². The largest absolute Gasteiger partial charge is 0.286 e. The molecule has 5 N–H and O–H groups in total. The first-order valence-corrected chi connectivity index (χ1v) is 2.44. The SMILES string of the molecule is C1=CC=NNC=C1.NN. The lowest BCUT2D eigenvalue weighted by molar-refractivity contribution is 0.980. The second-order valence-electron chi connectivity index (χ2n) is 1.15. The summed E-state index contributed by atoms with van der Waals surface area (Å²) in [5.74, 6) is 8.00. The average molecular weight is 126 g/mol. The van der Waals surface area contributed by atoms with Crippen LogP contribution in [0.2, 0.25) is 0 Å². The van der Waals surface area contributed by atoms with Gasteiger partial charge in [-0.25, -0.2) is 0 Å². The number of hydrogen-bond acceptors (Lipinski definition) is 4. The van der Waals surface area contributed by atoms with Gasteiger partial charge in [0.15, 0.2) is 0 Å². The number of nitrogens with two attached hydrogens (primary N) is 2. The van der Waals surface area contributed by atoms with E-state index in [4.69, 9.17) is 0 Å². The van der Waals surface area contributed by atoms with Crippen LogP contribution in [0, 0.1) is 0 Å². The van der Waals surface area contributed by atoms with Gasteiger partial charge in [-0.05, 0) is 12.2 Å². The van der Waals surface area contributed by atoms with E-state index < -0.39 is 0 Å². The highest BCUT2D eigenvalue weighted by Crippen LogP contribution is 1.76. The van der Waals surface area contributed by atoms with Crippen LogP contribution in [0.3, 0.4) is 0 Å². The third-order valence-electron chi connectivity index (χ3n) is 0.628. The summed E-state index contributed by atoms with van der Waals surface area (Å²) in [5, 5.41) is 3.72. The van der Waals surface area contributed by atoms with Crippen LogP contribution in [0.15, 0.2) is 29.5 Å². The molecule has 4 heteroatoms. The Morgan fingerprint density at radius 2 is 1.89 bits per heavy atom. The van der Waals surface area contributed by atoms with E-state index in [9.17, 15) is 0 Å². The molecule has 4 nitrogen and oxygen atoms in total. The van der Waals surface area contributed by atoms with E-state index >= 15 is 0 Å². The van der Waals surface area contributed by atoms with Crippen LogP contribution >= 0.6 is 0 Å². The molecule has 50 valence electrons. The molecule has 0 aromatic carbocycles. The molecule has 0 saturated heterocycles. The van der Waals surface area contributed by atoms with E-state index in [1.54, 1.807) is 12.4 Å². The number of nitrogens with zero attached hydrogens (tertiary/aromatic N) is 1.